The lowest BCUT2D eigenvalue weighted by atomic mass is 10.2. The molecular weight excluding hydrogens is 316 g/mol. The standard InChI is InChI=1S/C18H22N6O/c1-13-17(21-12-20-13)18-19-9-11-24(18)10-8-16(25)22-14-4-6-15(7-5-14)23(2)3/h4-7,9,11-12H,8,10H2,1-3H3,(H,20,21)(H,22,25). The van der Waals surface area contributed by atoms with Crippen molar-refractivity contribution < 1.29 is 4.79 Å². The molecule has 2 heterocycles. The number of anilines is 2. The van der Waals surface area contributed by atoms with Gasteiger partial charge in [0.25, 0.3) is 0 Å². The Kier molecular flexibility index (Phi) is 4.83. The molecule has 0 atom stereocenters. The van der Waals surface area contributed by atoms with Gasteiger partial charge in [-0.3, -0.25) is 4.79 Å². The van der Waals surface area contributed by atoms with Gasteiger partial charge in [0, 0.05) is 56.5 Å². The topological polar surface area (TPSA) is 78.8 Å². The molecule has 0 aliphatic rings. The predicted molar refractivity (Wildman–Crippen MR) is 98.6 cm³/mol. The summed E-state index contributed by atoms with van der Waals surface area (Å²) in [5.74, 6) is 0.734. The van der Waals surface area contributed by atoms with Crippen LogP contribution < -0.4 is 10.2 Å². The largest absolute Gasteiger partial charge is 0.378 e. The first kappa shape index (κ1) is 16.8. The molecule has 0 aliphatic carbocycles. The van der Waals surface area contributed by atoms with Crippen molar-refractivity contribution in [1.82, 2.24) is 19.5 Å². The molecule has 0 unspecified atom stereocenters. The third-order valence-corrected chi connectivity index (χ3v) is 4.00. The first-order valence-corrected chi connectivity index (χ1v) is 8.13. The highest BCUT2D eigenvalue weighted by atomic mass is 16.1. The molecule has 3 rings (SSSR count). The van der Waals surface area contributed by atoms with Crippen LogP contribution in [0.3, 0.4) is 0 Å². The quantitative estimate of drug-likeness (QED) is 0.724. The van der Waals surface area contributed by atoms with Crippen LogP contribution in [0.15, 0.2) is 43.0 Å². The second-order valence-corrected chi connectivity index (χ2v) is 6.06. The van der Waals surface area contributed by atoms with Gasteiger partial charge in [0.15, 0.2) is 5.82 Å². The SMILES string of the molecule is Cc1[nH]cnc1-c1nccn1CCC(=O)Nc1ccc(N(C)C)cc1. The zero-order chi connectivity index (χ0) is 17.8. The fourth-order valence-electron chi connectivity index (χ4n) is 2.58. The molecule has 2 aromatic heterocycles. The van der Waals surface area contributed by atoms with E-state index in [9.17, 15) is 4.79 Å². The van der Waals surface area contributed by atoms with Gasteiger partial charge in [-0.05, 0) is 31.2 Å². The average molecular weight is 338 g/mol. The molecule has 0 saturated heterocycles. The van der Waals surface area contributed by atoms with Gasteiger partial charge in [0.2, 0.25) is 5.91 Å². The molecular formula is C18H22N6O. The fraction of sp³-hybridized carbons (Fsp3) is 0.278. The number of rotatable bonds is 6. The number of aromatic nitrogens is 4. The highest BCUT2D eigenvalue weighted by molar-refractivity contribution is 5.90. The average Bonchev–Trinajstić information content (AvgIpc) is 3.21. The molecule has 130 valence electrons. The van der Waals surface area contributed by atoms with Crippen molar-refractivity contribution in [3.8, 4) is 11.5 Å². The van der Waals surface area contributed by atoms with Crippen molar-refractivity contribution in [2.24, 2.45) is 0 Å². The normalized spacial score (nSPS) is 10.7. The number of aryl methyl sites for hydroxylation is 2. The molecule has 25 heavy (non-hydrogen) atoms. The van der Waals surface area contributed by atoms with Crippen LogP contribution >= 0.6 is 0 Å². The lowest BCUT2D eigenvalue weighted by Gasteiger charge is -2.13. The molecule has 1 aromatic carbocycles. The van der Waals surface area contributed by atoms with Crippen molar-refractivity contribution >= 4 is 17.3 Å². The number of hydrogen-bond donors (Lipinski definition) is 2. The minimum atomic E-state index is -0.0315. The smallest absolute Gasteiger partial charge is 0.226 e. The maximum atomic E-state index is 12.2. The van der Waals surface area contributed by atoms with E-state index in [4.69, 9.17) is 0 Å². The number of aromatic amines is 1. The van der Waals surface area contributed by atoms with E-state index in [1.54, 1.807) is 12.5 Å². The van der Waals surface area contributed by atoms with E-state index < -0.39 is 0 Å². The molecule has 0 aliphatic heterocycles. The highest BCUT2D eigenvalue weighted by Gasteiger charge is 2.12. The fourth-order valence-corrected chi connectivity index (χ4v) is 2.58. The van der Waals surface area contributed by atoms with Gasteiger partial charge in [0.1, 0.15) is 5.69 Å². The zero-order valence-electron chi connectivity index (χ0n) is 14.7. The summed E-state index contributed by atoms with van der Waals surface area (Å²) in [5, 5.41) is 2.92. The van der Waals surface area contributed by atoms with Crippen LogP contribution in [0.4, 0.5) is 11.4 Å². The first-order valence-electron chi connectivity index (χ1n) is 8.13. The molecule has 1 amide bonds. The van der Waals surface area contributed by atoms with Gasteiger partial charge in [-0.1, -0.05) is 0 Å². The van der Waals surface area contributed by atoms with Crippen LogP contribution in [0.1, 0.15) is 12.1 Å². The lowest BCUT2D eigenvalue weighted by molar-refractivity contribution is -0.116. The van der Waals surface area contributed by atoms with Crippen molar-refractivity contribution in [3.05, 3.63) is 48.7 Å². The third-order valence-electron chi connectivity index (χ3n) is 4.00. The molecule has 7 heteroatoms. The molecule has 3 aromatic rings. The minimum absolute atomic E-state index is 0.0315. The number of nitrogens with zero attached hydrogens (tertiary/aromatic N) is 4. The summed E-state index contributed by atoms with van der Waals surface area (Å²) in [4.78, 5) is 25.9. The minimum Gasteiger partial charge on any atom is -0.378 e. The van der Waals surface area contributed by atoms with Crippen LogP contribution in [0, 0.1) is 6.92 Å². The van der Waals surface area contributed by atoms with Gasteiger partial charge in [0.05, 0.1) is 6.33 Å². The van der Waals surface area contributed by atoms with E-state index in [0.29, 0.717) is 13.0 Å². The Bertz CT molecular complexity index is 847. The van der Waals surface area contributed by atoms with Crippen LogP contribution in [0.5, 0.6) is 0 Å². The lowest BCUT2D eigenvalue weighted by Crippen LogP contribution is -2.15. The summed E-state index contributed by atoms with van der Waals surface area (Å²) in [6, 6.07) is 7.76. The Morgan fingerprint density at radius 2 is 2.00 bits per heavy atom. The molecule has 0 fully saturated rings. The Morgan fingerprint density at radius 3 is 2.64 bits per heavy atom. The van der Waals surface area contributed by atoms with Crippen LogP contribution in [0.2, 0.25) is 0 Å². The molecule has 0 bridgehead atoms. The van der Waals surface area contributed by atoms with Gasteiger partial charge < -0.3 is 19.8 Å². The predicted octanol–water partition coefficient (Wildman–Crippen LogP) is 2.68. The van der Waals surface area contributed by atoms with E-state index in [1.165, 1.54) is 0 Å². The number of hydrogen-bond acceptors (Lipinski definition) is 4. The van der Waals surface area contributed by atoms with Crippen LogP contribution in [-0.4, -0.2) is 39.5 Å². The maximum Gasteiger partial charge on any atom is 0.226 e. The Morgan fingerprint density at radius 1 is 1.24 bits per heavy atom. The van der Waals surface area contributed by atoms with Crippen molar-refractivity contribution in [1.29, 1.82) is 0 Å². The van der Waals surface area contributed by atoms with E-state index in [-0.39, 0.29) is 5.91 Å². The Balaban J connectivity index is 1.60. The summed E-state index contributed by atoms with van der Waals surface area (Å²) in [6.07, 6.45) is 5.60. The van der Waals surface area contributed by atoms with E-state index >= 15 is 0 Å². The molecule has 7 nitrogen and oxygen atoms in total. The second-order valence-electron chi connectivity index (χ2n) is 6.06. The van der Waals surface area contributed by atoms with E-state index in [2.05, 4.69) is 20.3 Å². The van der Waals surface area contributed by atoms with E-state index in [1.807, 2.05) is 60.9 Å². The summed E-state index contributed by atoms with van der Waals surface area (Å²) < 4.78 is 1.94. The van der Waals surface area contributed by atoms with Crippen molar-refractivity contribution in [2.45, 2.75) is 19.9 Å². The van der Waals surface area contributed by atoms with Gasteiger partial charge in [-0.2, -0.15) is 0 Å². The maximum absolute atomic E-state index is 12.2. The number of benzene rings is 1. The number of carbonyl (C=O) groups is 1. The number of H-pyrrole nitrogens is 1. The van der Waals surface area contributed by atoms with Crippen LogP contribution in [0.25, 0.3) is 11.5 Å². The van der Waals surface area contributed by atoms with Crippen LogP contribution in [-0.2, 0) is 11.3 Å². The Hall–Kier alpha value is -3.09. The van der Waals surface area contributed by atoms with Gasteiger partial charge >= 0.3 is 0 Å². The van der Waals surface area contributed by atoms with Gasteiger partial charge in [-0.25, -0.2) is 9.97 Å². The number of imidazole rings is 2. The molecule has 0 spiro atoms. The number of amides is 1. The molecule has 0 saturated carbocycles. The summed E-state index contributed by atoms with van der Waals surface area (Å²) >= 11 is 0. The van der Waals surface area contributed by atoms with Gasteiger partial charge in [-0.15, -0.1) is 0 Å². The molecule has 0 radical (unpaired) electrons. The van der Waals surface area contributed by atoms with Crippen molar-refractivity contribution in [3.63, 3.8) is 0 Å². The zero-order valence-corrected chi connectivity index (χ0v) is 14.7. The summed E-state index contributed by atoms with van der Waals surface area (Å²) in [7, 11) is 3.97. The first-order chi connectivity index (χ1) is 12.0. The monoisotopic (exact) mass is 338 g/mol. The Labute approximate surface area is 146 Å². The summed E-state index contributed by atoms with van der Waals surface area (Å²) in [5.41, 5.74) is 3.66. The highest BCUT2D eigenvalue weighted by Crippen LogP contribution is 2.19. The van der Waals surface area contributed by atoms with E-state index in [0.717, 1.165) is 28.6 Å². The summed E-state index contributed by atoms with van der Waals surface area (Å²) in [6.45, 7) is 2.49. The second kappa shape index (κ2) is 7.21. The molecule has 2 N–H and O–H groups in total. The number of carbonyl (C=O) groups excluding carboxylic acids is 1. The third kappa shape index (κ3) is 3.88. The number of nitrogens with one attached hydrogen (secondary N) is 2. The van der Waals surface area contributed by atoms with Crippen molar-refractivity contribution in [2.75, 3.05) is 24.3 Å².